The van der Waals surface area contributed by atoms with E-state index in [1.54, 1.807) is 0 Å². The van der Waals surface area contributed by atoms with Gasteiger partial charge in [0.15, 0.2) is 0 Å². The largest absolute Gasteiger partial charge is 0.492 e. The molecule has 0 spiro atoms. The van der Waals surface area contributed by atoms with Gasteiger partial charge in [-0.25, -0.2) is 0 Å². The third kappa shape index (κ3) is 4.00. The van der Waals surface area contributed by atoms with Gasteiger partial charge < -0.3 is 9.64 Å². The topological polar surface area (TPSA) is 15.7 Å². The van der Waals surface area contributed by atoms with Crippen LogP contribution >= 0.6 is 0 Å². The molecule has 0 atom stereocenters. The fourth-order valence-corrected chi connectivity index (χ4v) is 2.26. The molecule has 0 aliphatic carbocycles. The molecule has 0 N–H and O–H groups in total. The summed E-state index contributed by atoms with van der Waals surface area (Å²) in [5.74, 6) is 0.979. The molecule has 1 aromatic carbocycles. The molecule has 0 aromatic heterocycles. The van der Waals surface area contributed by atoms with Gasteiger partial charge in [-0.05, 0) is 25.6 Å². The molecule has 0 unspecified atom stereocenters. The first-order valence-electron chi connectivity index (χ1n) is 6.92. The molecular formula is C15H24N2O. The van der Waals surface area contributed by atoms with Gasteiger partial charge in [0, 0.05) is 32.7 Å². The molecular weight excluding hydrogens is 224 g/mol. The maximum atomic E-state index is 5.76. The Morgan fingerprint density at radius 1 is 1.00 bits per heavy atom. The zero-order valence-corrected chi connectivity index (χ0v) is 11.6. The second-order valence-corrected chi connectivity index (χ2v) is 4.94. The van der Waals surface area contributed by atoms with Gasteiger partial charge in [-0.15, -0.1) is 0 Å². The molecule has 1 fully saturated rings. The third-order valence-electron chi connectivity index (χ3n) is 3.61. The zero-order valence-electron chi connectivity index (χ0n) is 11.6. The van der Waals surface area contributed by atoms with Crippen LogP contribution in [0.4, 0.5) is 0 Å². The predicted molar refractivity (Wildman–Crippen MR) is 75.2 cm³/mol. The Bertz CT molecular complexity index is 342. The quantitative estimate of drug-likeness (QED) is 0.793. The van der Waals surface area contributed by atoms with Crippen LogP contribution in [0.15, 0.2) is 24.3 Å². The van der Waals surface area contributed by atoms with Crippen molar-refractivity contribution in [3.05, 3.63) is 29.8 Å². The standard InChI is InChI=1S/C15H24N2O/c1-3-16-8-10-17(11-9-16)12-13-18-15-6-4-14(2)5-7-15/h4-7H,3,8-13H2,1-2H3. The first-order valence-corrected chi connectivity index (χ1v) is 6.92. The molecule has 1 heterocycles. The van der Waals surface area contributed by atoms with Gasteiger partial charge in [-0.1, -0.05) is 24.6 Å². The number of likely N-dealkylation sites (N-methyl/N-ethyl adjacent to an activating group) is 1. The van der Waals surface area contributed by atoms with Crippen LogP contribution in [0.5, 0.6) is 5.75 Å². The molecule has 0 amide bonds. The number of piperazine rings is 1. The molecule has 0 radical (unpaired) electrons. The molecule has 100 valence electrons. The summed E-state index contributed by atoms with van der Waals surface area (Å²) in [6.07, 6.45) is 0. The SMILES string of the molecule is CCN1CCN(CCOc2ccc(C)cc2)CC1. The monoisotopic (exact) mass is 248 g/mol. The van der Waals surface area contributed by atoms with Crippen molar-refractivity contribution >= 4 is 0 Å². The van der Waals surface area contributed by atoms with Crippen LogP contribution in [0.25, 0.3) is 0 Å². The first kappa shape index (κ1) is 13.4. The van der Waals surface area contributed by atoms with Crippen LogP contribution in [0, 0.1) is 6.92 Å². The summed E-state index contributed by atoms with van der Waals surface area (Å²) in [6.45, 7) is 12.1. The fourth-order valence-electron chi connectivity index (χ4n) is 2.26. The van der Waals surface area contributed by atoms with Gasteiger partial charge >= 0.3 is 0 Å². The van der Waals surface area contributed by atoms with Crippen LogP contribution in [-0.2, 0) is 0 Å². The Morgan fingerprint density at radius 2 is 1.61 bits per heavy atom. The number of aryl methyl sites for hydroxylation is 1. The Hall–Kier alpha value is -1.06. The van der Waals surface area contributed by atoms with Gasteiger partial charge in [-0.3, -0.25) is 4.90 Å². The Balaban J connectivity index is 1.65. The molecule has 1 aliphatic rings. The van der Waals surface area contributed by atoms with E-state index in [0.717, 1.165) is 18.9 Å². The van der Waals surface area contributed by atoms with Crippen LogP contribution in [0.3, 0.4) is 0 Å². The van der Waals surface area contributed by atoms with Crippen LogP contribution in [0.2, 0.25) is 0 Å². The molecule has 18 heavy (non-hydrogen) atoms. The maximum Gasteiger partial charge on any atom is 0.119 e. The number of rotatable bonds is 5. The highest BCUT2D eigenvalue weighted by Crippen LogP contribution is 2.11. The molecule has 1 saturated heterocycles. The summed E-state index contributed by atoms with van der Waals surface area (Å²) < 4.78 is 5.76. The number of hydrogen-bond donors (Lipinski definition) is 0. The summed E-state index contributed by atoms with van der Waals surface area (Å²) in [4.78, 5) is 4.98. The normalized spacial score (nSPS) is 17.9. The van der Waals surface area contributed by atoms with E-state index in [0.29, 0.717) is 0 Å². The van der Waals surface area contributed by atoms with Crippen LogP contribution in [-0.4, -0.2) is 55.7 Å². The average Bonchev–Trinajstić information content (AvgIpc) is 2.42. The molecule has 3 heteroatoms. The van der Waals surface area contributed by atoms with Crippen molar-refractivity contribution in [2.75, 3.05) is 45.9 Å². The molecule has 1 aliphatic heterocycles. The highest BCUT2D eigenvalue weighted by molar-refractivity contribution is 5.26. The first-order chi connectivity index (χ1) is 8.78. The molecule has 3 nitrogen and oxygen atoms in total. The van der Waals surface area contributed by atoms with Crippen molar-refractivity contribution in [3.63, 3.8) is 0 Å². The third-order valence-corrected chi connectivity index (χ3v) is 3.61. The van der Waals surface area contributed by atoms with Crippen molar-refractivity contribution in [2.24, 2.45) is 0 Å². The summed E-state index contributed by atoms with van der Waals surface area (Å²) >= 11 is 0. The highest BCUT2D eigenvalue weighted by atomic mass is 16.5. The fraction of sp³-hybridized carbons (Fsp3) is 0.600. The Morgan fingerprint density at radius 3 is 2.22 bits per heavy atom. The molecule has 0 bridgehead atoms. The second-order valence-electron chi connectivity index (χ2n) is 4.94. The van der Waals surface area contributed by atoms with Crippen molar-refractivity contribution in [2.45, 2.75) is 13.8 Å². The number of nitrogens with zero attached hydrogens (tertiary/aromatic N) is 2. The highest BCUT2D eigenvalue weighted by Gasteiger charge is 2.14. The van der Waals surface area contributed by atoms with E-state index in [9.17, 15) is 0 Å². The van der Waals surface area contributed by atoms with Gasteiger partial charge in [0.1, 0.15) is 12.4 Å². The van der Waals surface area contributed by atoms with Crippen molar-refractivity contribution < 1.29 is 4.74 Å². The lowest BCUT2D eigenvalue weighted by molar-refractivity contribution is 0.121. The summed E-state index contributed by atoms with van der Waals surface area (Å²) in [7, 11) is 0. The number of ether oxygens (including phenoxy) is 1. The summed E-state index contributed by atoms with van der Waals surface area (Å²) in [5, 5.41) is 0. The smallest absolute Gasteiger partial charge is 0.119 e. The average molecular weight is 248 g/mol. The van der Waals surface area contributed by atoms with Gasteiger partial charge in [0.2, 0.25) is 0 Å². The van der Waals surface area contributed by atoms with Crippen molar-refractivity contribution in [1.29, 1.82) is 0 Å². The summed E-state index contributed by atoms with van der Waals surface area (Å²) in [6, 6.07) is 8.28. The lowest BCUT2D eigenvalue weighted by Gasteiger charge is -2.33. The maximum absolute atomic E-state index is 5.76. The molecule has 2 rings (SSSR count). The van der Waals surface area contributed by atoms with Gasteiger partial charge in [0.25, 0.3) is 0 Å². The molecule has 1 aromatic rings. The lowest BCUT2D eigenvalue weighted by Crippen LogP contribution is -2.47. The lowest BCUT2D eigenvalue weighted by atomic mass is 10.2. The minimum atomic E-state index is 0.787. The van der Waals surface area contributed by atoms with E-state index in [1.165, 1.54) is 38.3 Å². The zero-order chi connectivity index (χ0) is 12.8. The minimum Gasteiger partial charge on any atom is -0.492 e. The van der Waals surface area contributed by atoms with Crippen LogP contribution < -0.4 is 4.74 Å². The van der Waals surface area contributed by atoms with Gasteiger partial charge in [-0.2, -0.15) is 0 Å². The van der Waals surface area contributed by atoms with Crippen LogP contribution in [0.1, 0.15) is 12.5 Å². The Labute approximate surface area is 110 Å². The van der Waals surface area contributed by atoms with E-state index < -0.39 is 0 Å². The second kappa shape index (κ2) is 6.76. The minimum absolute atomic E-state index is 0.787. The van der Waals surface area contributed by atoms with Gasteiger partial charge in [0.05, 0.1) is 0 Å². The summed E-state index contributed by atoms with van der Waals surface area (Å²) in [5.41, 5.74) is 1.28. The number of hydrogen-bond acceptors (Lipinski definition) is 3. The van der Waals surface area contributed by atoms with E-state index in [1.807, 2.05) is 12.1 Å². The van der Waals surface area contributed by atoms with Crippen molar-refractivity contribution in [1.82, 2.24) is 9.80 Å². The Kier molecular flexibility index (Phi) is 5.02. The molecule has 0 saturated carbocycles. The van der Waals surface area contributed by atoms with Crippen molar-refractivity contribution in [3.8, 4) is 5.75 Å². The van der Waals surface area contributed by atoms with E-state index >= 15 is 0 Å². The van der Waals surface area contributed by atoms with E-state index in [-0.39, 0.29) is 0 Å². The van der Waals surface area contributed by atoms with E-state index in [4.69, 9.17) is 4.74 Å². The van der Waals surface area contributed by atoms with E-state index in [2.05, 4.69) is 35.8 Å². The predicted octanol–water partition coefficient (Wildman–Crippen LogP) is 2.01. The number of benzene rings is 1.